The van der Waals surface area contributed by atoms with Crippen molar-refractivity contribution in [1.29, 1.82) is 0 Å². The molecule has 2 aromatic carbocycles. The zero-order chi connectivity index (χ0) is 23.1. The van der Waals surface area contributed by atoms with Crippen molar-refractivity contribution in [3.63, 3.8) is 0 Å². The Hall–Kier alpha value is -3.41. The molecule has 0 atom stereocenters. The number of carbonyl (C=O) groups is 2. The van der Waals surface area contributed by atoms with Crippen LogP contribution in [0.2, 0.25) is 0 Å². The van der Waals surface area contributed by atoms with Crippen molar-refractivity contribution in [3.8, 4) is 0 Å². The zero-order valence-corrected chi connectivity index (χ0v) is 19.3. The lowest BCUT2D eigenvalue weighted by Crippen LogP contribution is -2.40. The Morgan fingerprint density at radius 2 is 1.78 bits per heavy atom. The fraction of sp³-hybridized carbons (Fsp3) is 0.346. The lowest BCUT2D eigenvalue weighted by Gasteiger charge is -2.22. The van der Waals surface area contributed by atoms with Gasteiger partial charge < -0.3 is 16.0 Å². The first-order chi connectivity index (χ1) is 15.3. The molecule has 6 nitrogen and oxygen atoms in total. The van der Waals surface area contributed by atoms with Gasteiger partial charge in [-0.05, 0) is 57.0 Å². The number of aromatic nitrogens is 1. The fourth-order valence-electron chi connectivity index (χ4n) is 3.38. The molecule has 6 heteroatoms. The molecular formula is C26H32N4O2. The van der Waals surface area contributed by atoms with Crippen LogP contribution in [0.1, 0.15) is 56.5 Å². The van der Waals surface area contributed by atoms with Crippen molar-refractivity contribution in [2.24, 2.45) is 0 Å². The summed E-state index contributed by atoms with van der Waals surface area (Å²) >= 11 is 0. The first-order valence-electron chi connectivity index (χ1n) is 11.1. The molecule has 0 saturated carbocycles. The highest BCUT2D eigenvalue weighted by atomic mass is 16.2. The Morgan fingerprint density at radius 1 is 1.03 bits per heavy atom. The van der Waals surface area contributed by atoms with E-state index in [1.165, 1.54) is 0 Å². The molecule has 0 aliphatic carbocycles. The zero-order valence-electron chi connectivity index (χ0n) is 19.3. The number of nitrogens with zero attached hydrogens (tertiary/aromatic N) is 1. The smallest absolute Gasteiger partial charge is 0.255 e. The molecule has 0 fully saturated rings. The molecule has 168 valence electrons. The molecule has 1 heterocycles. The minimum atomic E-state index is -0.380. The number of fused-ring (bicyclic) bond motifs is 1. The summed E-state index contributed by atoms with van der Waals surface area (Å²) in [5.41, 5.74) is 3.25. The average Bonchev–Trinajstić information content (AvgIpc) is 2.73. The normalized spacial score (nSPS) is 11.2. The number of rotatable bonds is 8. The lowest BCUT2D eigenvalue weighted by molar-refractivity contribution is -0.120. The maximum absolute atomic E-state index is 13.1. The van der Waals surface area contributed by atoms with E-state index < -0.39 is 0 Å². The highest BCUT2D eigenvalue weighted by Gasteiger charge is 2.21. The summed E-state index contributed by atoms with van der Waals surface area (Å²) in [6, 6.07) is 15.5. The standard InChI is InChI=1S/C26H32N4O2/c1-5-6-14-27-23(31)16-18-12-13-22-20(15-18)24(29-19-10-8-7-9-11-19)21(17-28-22)25(32)30-26(2,3)4/h7-13,15,17H,5-6,14,16H2,1-4H3,(H,27,31)(H,28,29)(H,30,32). The molecule has 1 aromatic heterocycles. The van der Waals surface area contributed by atoms with Gasteiger partial charge in [-0.25, -0.2) is 0 Å². The average molecular weight is 433 g/mol. The van der Waals surface area contributed by atoms with E-state index in [9.17, 15) is 9.59 Å². The van der Waals surface area contributed by atoms with Crippen LogP contribution in [-0.4, -0.2) is 28.9 Å². The number of benzene rings is 2. The molecular weight excluding hydrogens is 400 g/mol. The van der Waals surface area contributed by atoms with Gasteiger partial charge in [0.25, 0.3) is 5.91 Å². The first kappa shape index (κ1) is 23.3. The number of anilines is 2. The van der Waals surface area contributed by atoms with E-state index in [1.54, 1.807) is 6.20 Å². The highest BCUT2D eigenvalue weighted by Crippen LogP contribution is 2.30. The summed E-state index contributed by atoms with van der Waals surface area (Å²) in [5.74, 6) is -0.210. The predicted octanol–water partition coefficient (Wildman–Crippen LogP) is 4.97. The maximum atomic E-state index is 13.1. The molecule has 0 aliphatic heterocycles. The van der Waals surface area contributed by atoms with Gasteiger partial charge in [-0.3, -0.25) is 14.6 Å². The number of pyridine rings is 1. The van der Waals surface area contributed by atoms with E-state index in [4.69, 9.17) is 0 Å². The first-order valence-corrected chi connectivity index (χ1v) is 11.1. The third-order valence-corrected chi connectivity index (χ3v) is 4.93. The second-order valence-corrected chi connectivity index (χ2v) is 8.97. The van der Waals surface area contributed by atoms with Crippen LogP contribution < -0.4 is 16.0 Å². The number of unbranched alkanes of at least 4 members (excludes halogenated alkanes) is 1. The molecule has 2 amide bonds. The minimum Gasteiger partial charge on any atom is -0.356 e. The second kappa shape index (κ2) is 10.3. The lowest BCUT2D eigenvalue weighted by atomic mass is 10.0. The van der Waals surface area contributed by atoms with E-state index in [1.807, 2.05) is 69.3 Å². The summed E-state index contributed by atoms with van der Waals surface area (Å²) in [4.78, 5) is 29.9. The Kier molecular flexibility index (Phi) is 7.46. The molecule has 0 bridgehead atoms. The van der Waals surface area contributed by atoms with E-state index in [-0.39, 0.29) is 23.8 Å². The molecule has 3 aromatic rings. The number of hydrogen-bond donors (Lipinski definition) is 3. The van der Waals surface area contributed by atoms with Crippen LogP contribution in [0.4, 0.5) is 11.4 Å². The quantitative estimate of drug-likeness (QED) is 0.439. The number of amides is 2. The van der Waals surface area contributed by atoms with E-state index in [0.717, 1.165) is 35.0 Å². The van der Waals surface area contributed by atoms with Gasteiger partial charge in [0.1, 0.15) is 0 Å². The topological polar surface area (TPSA) is 83.1 Å². The molecule has 0 spiro atoms. The summed E-state index contributed by atoms with van der Waals surface area (Å²) in [7, 11) is 0. The number of nitrogens with one attached hydrogen (secondary N) is 3. The predicted molar refractivity (Wildman–Crippen MR) is 130 cm³/mol. The van der Waals surface area contributed by atoms with Gasteiger partial charge in [0, 0.05) is 29.4 Å². The maximum Gasteiger partial charge on any atom is 0.255 e. The van der Waals surface area contributed by atoms with E-state index in [2.05, 4.69) is 27.9 Å². The van der Waals surface area contributed by atoms with Crippen molar-refractivity contribution in [2.45, 2.75) is 52.5 Å². The number of carbonyl (C=O) groups excluding carboxylic acids is 2. The summed E-state index contributed by atoms with van der Waals surface area (Å²) in [6.45, 7) is 8.61. The van der Waals surface area contributed by atoms with Gasteiger partial charge in [-0.15, -0.1) is 0 Å². The summed E-state index contributed by atoms with van der Waals surface area (Å²) in [6.07, 6.45) is 3.88. The Bertz CT molecular complexity index is 1090. The fourth-order valence-corrected chi connectivity index (χ4v) is 3.38. The molecule has 3 rings (SSSR count). The van der Waals surface area contributed by atoms with Crippen LogP contribution in [0, 0.1) is 0 Å². The third kappa shape index (κ3) is 6.30. The Balaban J connectivity index is 2.01. The van der Waals surface area contributed by atoms with Crippen LogP contribution >= 0.6 is 0 Å². The van der Waals surface area contributed by atoms with Crippen LogP contribution in [-0.2, 0) is 11.2 Å². The van der Waals surface area contributed by atoms with Gasteiger partial charge in [0.2, 0.25) is 5.91 Å². The van der Waals surface area contributed by atoms with Gasteiger partial charge in [0.15, 0.2) is 0 Å². The largest absolute Gasteiger partial charge is 0.356 e. The van der Waals surface area contributed by atoms with Crippen LogP contribution in [0.5, 0.6) is 0 Å². The van der Waals surface area contributed by atoms with Gasteiger partial charge in [0.05, 0.1) is 23.2 Å². The van der Waals surface area contributed by atoms with Crippen molar-refractivity contribution < 1.29 is 9.59 Å². The molecule has 0 unspecified atom stereocenters. The Labute approximate surface area is 189 Å². The molecule has 0 radical (unpaired) electrons. The monoisotopic (exact) mass is 432 g/mol. The minimum absolute atomic E-state index is 0.00930. The van der Waals surface area contributed by atoms with Crippen LogP contribution in [0.25, 0.3) is 10.9 Å². The second-order valence-electron chi connectivity index (χ2n) is 8.97. The summed E-state index contributed by atoms with van der Waals surface area (Å²) < 4.78 is 0. The van der Waals surface area contributed by atoms with Crippen molar-refractivity contribution in [3.05, 3.63) is 65.9 Å². The van der Waals surface area contributed by atoms with Gasteiger partial charge in [-0.1, -0.05) is 37.6 Å². The van der Waals surface area contributed by atoms with Crippen molar-refractivity contribution in [1.82, 2.24) is 15.6 Å². The molecule has 0 aliphatic rings. The van der Waals surface area contributed by atoms with E-state index in [0.29, 0.717) is 17.8 Å². The highest BCUT2D eigenvalue weighted by molar-refractivity contribution is 6.08. The van der Waals surface area contributed by atoms with Crippen LogP contribution in [0.3, 0.4) is 0 Å². The number of para-hydroxylation sites is 1. The SMILES string of the molecule is CCCCNC(=O)Cc1ccc2ncc(C(=O)NC(C)(C)C)c(Nc3ccccc3)c2c1. The molecule has 0 saturated heterocycles. The van der Waals surface area contributed by atoms with Crippen LogP contribution in [0.15, 0.2) is 54.7 Å². The van der Waals surface area contributed by atoms with Gasteiger partial charge in [-0.2, -0.15) is 0 Å². The van der Waals surface area contributed by atoms with Gasteiger partial charge >= 0.3 is 0 Å². The third-order valence-electron chi connectivity index (χ3n) is 4.93. The molecule has 3 N–H and O–H groups in total. The van der Waals surface area contributed by atoms with Crippen molar-refractivity contribution in [2.75, 3.05) is 11.9 Å². The number of hydrogen-bond acceptors (Lipinski definition) is 4. The summed E-state index contributed by atoms with van der Waals surface area (Å²) in [5, 5.41) is 10.2. The van der Waals surface area contributed by atoms with E-state index >= 15 is 0 Å². The van der Waals surface area contributed by atoms with Crippen molar-refractivity contribution >= 4 is 34.1 Å². The Morgan fingerprint density at radius 3 is 2.47 bits per heavy atom. The molecule has 32 heavy (non-hydrogen) atoms.